The lowest BCUT2D eigenvalue weighted by molar-refractivity contribution is 0.0964. The Bertz CT molecular complexity index is 203. The van der Waals surface area contributed by atoms with Gasteiger partial charge in [0.1, 0.15) is 0 Å². The second-order valence-corrected chi connectivity index (χ2v) is 3.48. The van der Waals surface area contributed by atoms with Crippen molar-refractivity contribution in [2.45, 2.75) is 25.8 Å². The van der Waals surface area contributed by atoms with Gasteiger partial charge in [0.05, 0.1) is 12.1 Å². The lowest BCUT2D eigenvalue weighted by atomic mass is 10.1. The molecule has 0 unspecified atom stereocenters. The zero-order chi connectivity index (χ0) is 10.4. The van der Waals surface area contributed by atoms with E-state index >= 15 is 0 Å². The standard InChI is InChI=1S/C9H16N2O2S/c1-2-13-9(12)11-5-3-8(4-6-11)10-7-14/h7-8H,2-6H2,1H3,(H,10,14). The second-order valence-electron chi connectivity index (χ2n) is 3.24. The maximum atomic E-state index is 11.3. The number of amides is 1. The van der Waals surface area contributed by atoms with Crippen LogP contribution in [0.2, 0.25) is 0 Å². The van der Waals surface area contributed by atoms with Crippen LogP contribution in [0.4, 0.5) is 4.79 Å². The van der Waals surface area contributed by atoms with Crippen molar-refractivity contribution < 1.29 is 9.53 Å². The van der Waals surface area contributed by atoms with Gasteiger partial charge in [-0.15, -0.1) is 0 Å². The van der Waals surface area contributed by atoms with E-state index in [1.165, 1.54) is 0 Å². The molecule has 0 atom stereocenters. The summed E-state index contributed by atoms with van der Waals surface area (Å²) in [6, 6.07) is 0.415. The van der Waals surface area contributed by atoms with E-state index in [0.717, 1.165) is 25.9 Å². The minimum atomic E-state index is -0.201. The van der Waals surface area contributed by atoms with Crippen molar-refractivity contribution in [2.24, 2.45) is 0 Å². The molecule has 1 heterocycles. The maximum absolute atomic E-state index is 11.3. The van der Waals surface area contributed by atoms with Crippen LogP contribution in [0, 0.1) is 0 Å². The predicted molar refractivity (Wildman–Crippen MR) is 58.4 cm³/mol. The van der Waals surface area contributed by atoms with E-state index < -0.39 is 0 Å². The molecule has 0 radical (unpaired) electrons. The van der Waals surface area contributed by atoms with E-state index in [1.807, 2.05) is 6.92 Å². The molecule has 1 aliphatic rings. The number of piperidine rings is 1. The van der Waals surface area contributed by atoms with Crippen LogP contribution in [-0.4, -0.2) is 42.2 Å². The molecule has 1 aliphatic heterocycles. The average molecular weight is 216 g/mol. The molecule has 0 aromatic carbocycles. The number of carbonyl (C=O) groups is 1. The number of rotatable bonds is 3. The van der Waals surface area contributed by atoms with Crippen molar-refractivity contribution in [3.63, 3.8) is 0 Å². The van der Waals surface area contributed by atoms with Crippen molar-refractivity contribution in [1.82, 2.24) is 10.2 Å². The van der Waals surface area contributed by atoms with E-state index in [4.69, 9.17) is 17.0 Å². The first-order valence-corrected chi connectivity index (χ1v) is 5.36. The number of hydrogen-bond donors (Lipinski definition) is 1. The molecule has 0 aliphatic carbocycles. The summed E-state index contributed by atoms with van der Waals surface area (Å²) >= 11 is 4.71. The highest BCUT2D eigenvalue weighted by Gasteiger charge is 2.22. The monoisotopic (exact) mass is 216 g/mol. The number of carbonyl (C=O) groups excluding carboxylic acids is 1. The quantitative estimate of drug-likeness (QED) is 0.719. The van der Waals surface area contributed by atoms with Gasteiger partial charge in [0.2, 0.25) is 0 Å². The SMILES string of the molecule is CCOC(=O)N1CCC(NC=S)CC1. The van der Waals surface area contributed by atoms with Crippen LogP contribution in [0.5, 0.6) is 0 Å². The lowest BCUT2D eigenvalue weighted by Crippen LogP contribution is -2.44. The molecule has 0 aromatic rings. The van der Waals surface area contributed by atoms with Crippen LogP contribution >= 0.6 is 12.2 Å². The average Bonchev–Trinajstić information content (AvgIpc) is 2.20. The van der Waals surface area contributed by atoms with Crippen LogP contribution in [-0.2, 0) is 4.74 Å². The van der Waals surface area contributed by atoms with E-state index in [9.17, 15) is 4.79 Å². The molecule has 1 fully saturated rings. The van der Waals surface area contributed by atoms with E-state index in [1.54, 1.807) is 10.4 Å². The van der Waals surface area contributed by atoms with Crippen molar-refractivity contribution >= 4 is 23.8 Å². The van der Waals surface area contributed by atoms with Gasteiger partial charge in [0.25, 0.3) is 0 Å². The Hall–Kier alpha value is -0.840. The highest BCUT2D eigenvalue weighted by molar-refractivity contribution is 7.78. The second kappa shape index (κ2) is 5.80. The maximum Gasteiger partial charge on any atom is 0.409 e. The molecular weight excluding hydrogens is 200 g/mol. The molecule has 1 rings (SSSR count). The van der Waals surface area contributed by atoms with Crippen LogP contribution in [0.25, 0.3) is 0 Å². The Balaban J connectivity index is 2.27. The molecule has 80 valence electrons. The molecular formula is C9H16N2O2S. The van der Waals surface area contributed by atoms with E-state index in [2.05, 4.69) is 5.32 Å². The fourth-order valence-electron chi connectivity index (χ4n) is 1.54. The smallest absolute Gasteiger partial charge is 0.409 e. The van der Waals surface area contributed by atoms with Crippen molar-refractivity contribution in [2.75, 3.05) is 19.7 Å². The van der Waals surface area contributed by atoms with Crippen LogP contribution in [0.3, 0.4) is 0 Å². The molecule has 5 heteroatoms. The molecule has 1 saturated heterocycles. The zero-order valence-corrected chi connectivity index (χ0v) is 9.18. The Morgan fingerprint density at radius 1 is 1.64 bits per heavy atom. The Morgan fingerprint density at radius 2 is 2.29 bits per heavy atom. The number of thiocarbonyl (C=S) groups is 1. The van der Waals surface area contributed by atoms with Gasteiger partial charge in [-0.3, -0.25) is 0 Å². The summed E-state index contributed by atoms with van der Waals surface area (Å²) in [5, 5.41) is 3.09. The first-order chi connectivity index (χ1) is 6.77. The topological polar surface area (TPSA) is 41.6 Å². The van der Waals surface area contributed by atoms with Crippen LogP contribution in [0.1, 0.15) is 19.8 Å². The van der Waals surface area contributed by atoms with Gasteiger partial charge < -0.3 is 15.0 Å². The third-order valence-corrected chi connectivity index (χ3v) is 2.46. The Labute approximate surface area is 89.6 Å². The number of hydrogen-bond acceptors (Lipinski definition) is 3. The summed E-state index contributed by atoms with van der Waals surface area (Å²) in [6.07, 6.45) is 1.67. The largest absolute Gasteiger partial charge is 0.450 e. The molecule has 1 N–H and O–H groups in total. The van der Waals surface area contributed by atoms with Crippen LogP contribution < -0.4 is 5.32 Å². The summed E-state index contributed by atoms with van der Waals surface area (Å²) in [4.78, 5) is 13.1. The number of nitrogens with one attached hydrogen (secondary N) is 1. The van der Waals surface area contributed by atoms with Crippen molar-refractivity contribution in [1.29, 1.82) is 0 Å². The van der Waals surface area contributed by atoms with Crippen LogP contribution in [0.15, 0.2) is 0 Å². The number of nitrogens with zero attached hydrogens (tertiary/aromatic N) is 1. The minimum absolute atomic E-state index is 0.201. The summed E-state index contributed by atoms with van der Waals surface area (Å²) in [7, 11) is 0. The van der Waals surface area contributed by atoms with Gasteiger partial charge in [0.15, 0.2) is 0 Å². The highest BCUT2D eigenvalue weighted by atomic mass is 32.1. The molecule has 4 nitrogen and oxygen atoms in total. The van der Waals surface area contributed by atoms with Gasteiger partial charge >= 0.3 is 6.09 Å². The molecule has 0 saturated carbocycles. The lowest BCUT2D eigenvalue weighted by Gasteiger charge is -2.31. The molecule has 1 amide bonds. The first kappa shape index (κ1) is 11.2. The summed E-state index contributed by atoms with van der Waals surface area (Å²) in [5.74, 6) is 0. The van der Waals surface area contributed by atoms with Gasteiger partial charge in [-0.1, -0.05) is 12.2 Å². The van der Waals surface area contributed by atoms with Crippen molar-refractivity contribution in [3.8, 4) is 0 Å². The van der Waals surface area contributed by atoms with Gasteiger partial charge in [-0.05, 0) is 19.8 Å². The Kier molecular flexibility index (Phi) is 4.65. The third kappa shape index (κ3) is 3.14. The first-order valence-electron chi connectivity index (χ1n) is 4.89. The fourth-order valence-corrected chi connectivity index (χ4v) is 1.73. The molecule has 14 heavy (non-hydrogen) atoms. The summed E-state index contributed by atoms with van der Waals surface area (Å²) in [5.41, 5.74) is 1.55. The van der Waals surface area contributed by atoms with E-state index in [-0.39, 0.29) is 6.09 Å². The predicted octanol–water partition coefficient (Wildman–Crippen LogP) is 1.15. The van der Waals surface area contributed by atoms with Gasteiger partial charge in [0, 0.05) is 19.1 Å². The molecule has 0 bridgehead atoms. The number of ether oxygens (including phenoxy) is 1. The van der Waals surface area contributed by atoms with E-state index in [0.29, 0.717) is 12.6 Å². The minimum Gasteiger partial charge on any atom is -0.450 e. The zero-order valence-electron chi connectivity index (χ0n) is 8.36. The summed E-state index contributed by atoms with van der Waals surface area (Å²) in [6.45, 7) is 3.76. The molecule has 0 aromatic heterocycles. The normalized spacial score (nSPS) is 17.6. The summed E-state index contributed by atoms with van der Waals surface area (Å²) < 4.78 is 4.91. The number of likely N-dealkylation sites (tertiary alicyclic amines) is 1. The van der Waals surface area contributed by atoms with Gasteiger partial charge in [-0.25, -0.2) is 4.79 Å². The highest BCUT2D eigenvalue weighted by Crippen LogP contribution is 2.10. The van der Waals surface area contributed by atoms with Crippen molar-refractivity contribution in [3.05, 3.63) is 0 Å². The third-order valence-electron chi connectivity index (χ3n) is 2.32. The van der Waals surface area contributed by atoms with Gasteiger partial charge in [-0.2, -0.15) is 0 Å². The molecule has 0 spiro atoms. The fraction of sp³-hybridized carbons (Fsp3) is 0.778. The Morgan fingerprint density at radius 3 is 2.79 bits per heavy atom.